The molecule has 2 N–H and O–H groups in total. The number of rotatable bonds is 4. The summed E-state index contributed by atoms with van der Waals surface area (Å²) < 4.78 is 10.2. The number of methoxy groups -OCH3 is 1. The van der Waals surface area contributed by atoms with Crippen molar-refractivity contribution < 1.29 is 19.1 Å². The molecule has 6 heteroatoms. The number of morpholine rings is 1. The fraction of sp³-hybridized carbons (Fsp3) is 0.857. The maximum atomic E-state index is 12.2. The van der Waals surface area contributed by atoms with Crippen molar-refractivity contribution in [3.8, 4) is 0 Å². The fourth-order valence-corrected chi connectivity index (χ4v) is 3.02. The van der Waals surface area contributed by atoms with Crippen LogP contribution in [0.3, 0.4) is 0 Å². The molecule has 1 unspecified atom stereocenters. The molecular formula is C14H24N2O4. The van der Waals surface area contributed by atoms with Gasteiger partial charge in [0.1, 0.15) is 5.54 Å². The van der Waals surface area contributed by atoms with Gasteiger partial charge in [-0.15, -0.1) is 0 Å². The number of amides is 1. The average molecular weight is 284 g/mol. The molecule has 2 rings (SSSR count). The van der Waals surface area contributed by atoms with Gasteiger partial charge in [0, 0.05) is 19.0 Å². The number of carbonyl (C=O) groups excluding carboxylic acids is 2. The quantitative estimate of drug-likeness (QED) is 0.729. The van der Waals surface area contributed by atoms with Crippen LogP contribution in [0.4, 0.5) is 0 Å². The highest BCUT2D eigenvalue weighted by atomic mass is 16.5. The third-order valence-corrected chi connectivity index (χ3v) is 4.09. The highest BCUT2D eigenvalue weighted by Crippen LogP contribution is 2.29. The van der Waals surface area contributed by atoms with Crippen molar-refractivity contribution >= 4 is 11.9 Å². The Morgan fingerprint density at radius 2 is 2.10 bits per heavy atom. The Morgan fingerprint density at radius 3 is 2.70 bits per heavy atom. The molecule has 0 bridgehead atoms. The summed E-state index contributed by atoms with van der Waals surface area (Å²) in [4.78, 5) is 24.2. The summed E-state index contributed by atoms with van der Waals surface area (Å²) in [5.41, 5.74) is -0.820. The molecule has 2 aliphatic rings. The van der Waals surface area contributed by atoms with E-state index in [0.717, 1.165) is 25.8 Å². The van der Waals surface area contributed by atoms with Crippen molar-refractivity contribution in [1.29, 1.82) is 0 Å². The van der Waals surface area contributed by atoms with Gasteiger partial charge >= 0.3 is 5.97 Å². The monoisotopic (exact) mass is 284 g/mol. The van der Waals surface area contributed by atoms with Crippen molar-refractivity contribution in [3.63, 3.8) is 0 Å². The molecule has 0 spiro atoms. The van der Waals surface area contributed by atoms with E-state index in [0.29, 0.717) is 32.5 Å². The van der Waals surface area contributed by atoms with Crippen molar-refractivity contribution in [2.24, 2.45) is 0 Å². The largest absolute Gasteiger partial charge is 0.467 e. The average Bonchev–Trinajstić information content (AvgIpc) is 2.48. The molecule has 6 nitrogen and oxygen atoms in total. The minimum Gasteiger partial charge on any atom is -0.467 e. The molecule has 2 fully saturated rings. The highest BCUT2D eigenvalue weighted by Gasteiger charge is 2.42. The fourth-order valence-electron chi connectivity index (χ4n) is 3.02. The molecule has 1 atom stereocenters. The first kappa shape index (κ1) is 15.3. The Hall–Kier alpha value is -1.14. The van der Waals surface area contributed by atoms with E-state index in [-0.39, 0.29) is 17.9 Å². The molecule has 1 aliphatic heterocycles. The van der Waals surface area contributed by atoms with Gasteiger partial charge in [-0.1, -0.05) is 19.3 Å². The first-order chi connectivity index (χ1) is 9.66. The minimum absolute atomic E-state index is 0.0297. The van der Waals surface area contributed by atoms with Gasteiger partial charge in [0.25, 0.3) is 0 Å². The minimum atomic E-state index is -0.820. The van der Waals surface area contributed by atoms with Crippen LogP contribution in [-0.4, -0.2) is 50.3 Å². The van der Waals surface area contributed by atoms with Gasteiger partial charge in [-0.2, -0.15) is 0 Å². The zero-order chi connectivity index (χ0) is 14.4. The molecule has 1 saturated heterocycles. The molecule has 1 saturated carbocycles. The molecule has 1 heterocycles. The Kier molecular flexibility index (Phi) is 5.37. The number of ether oxygens (including phenoxy) is 2. The van der Waals surface area contributed by atoms with Crippen LogP contribution in [-0.2, 0) is 19.1 Å². The van der Waals surface area contributed by atoms with E-state index >= 15 is 0 Å². The van der Waals surface area contributed by atoms with Crippen LogP contribution in [0.25, 0.3) is 0 Å². The van der Waals surface area contributed by atoms with E-state index in [2.05, 4.69) is 10.6 Å². The molecule has 0 radical (unpaired) electrons. The number of esters is 1. The standard InChI is InChI=1S/C14H24N2O4/c1-19-13(18)14(5-3-2-4-6-14)16-12(17)9-11-10-20-8-7-15-11/h11,15H,2-10H2,1H3,(H,16,17). The van der Waals surface area contributed by atoms with Gasteiger partial charge in [0.2, 0.25) is 5.91 Å². The van der Waals surface area contributed by atoms with E-state index in [4.69, 9.17) is 9.47 Å². The second kappa shape index (κ2) is 7.04. The molecule has 20 heavy (non-hydrogen) atoms. The third-order valence-electron chi connectivity index (χ3n) is 4.09. The Balaban J connectivity index is 1.92. The number of hydrogen-bond donors (Lipinski definition) is 2. The van der Waals surface area contributed by atoms with Gasteiger partial charge in [0.15, 0.2) is 0 Å². The molecule has 1 amide bonds. The SMILES string of the molecule is COC(=O)C1(NC(=O)CC2COCCN2)CCCCC1. The van der Waals surface area contributed by atoms with E-state index in [1.54, 1.807) is 0 Å². The Morgan fingerprint density at radius 1 is 1.35 bits per heavy atom. The topological polar surface area (TPSA) is 76.7 Å². The summed E-state index contributed by atoms with van der Waals surface area (Å²) >= 11 is 0. The van der Waals surface area contributed by atoms with Crippen LogP contribution in [0.2, 0.25) is 0 Å². The number of carbonyl (C=O) groups is 2. The van der Waals surface area contributed by atoms with E-state index in [1.165, 1.54) is 7.11 Å². The van der Waals surface area contributed by atoms with Crippen LogP contribution in [0.5, 0.6) is 0 Å². The predicted molar refractivity (Wildman–Crippen MR) is 73.2 cm³/mol. The molecule has 0 aromatic heterocycles. The lowest BCUT2D eigenvalue weighted by atomic mass is 9.81. The van der Waals surface area contributed by atoms with Gasteiger partial charge in [0.05, 0.1) is 20.3 Å². The van der Waals surface area contributed by atoms with Crippen molar-refractivity contribution in [3.05, 3.63) is 0 Å². The summed E-state index contributed by atoms with van der Waals surface area (Å²) in [6, 6.07) is 0.0297. The molecular weight excluding hydrogens is 260 g/mol. The zero-order valence-corrected chi connectivity index (χ0v) is 12.1. The van der Waals surface area contributed by atoms with Crippen molar-refractivity contribution in [1.82, 2.24) is 10.6 Å². The van der Waals surface area contributed by atoms with Crippen molar-refractivity contribution in [2.75, 3.05) is 26.9 Å². The Bertz CT molecular complexity index is 347. The van der Waals surface area contributed by atoms with E-state index in [1.807, 2.05) is 0 Å². The van der Waals surface area contributed by atoms with Gasteiger partial charge in [-0.25, -0.2) is 4.79 Å². The predicted octanol–water partition coefficient (Wildman–Crippen LogP) is 0.357. The lowest BCUT2D eigenvalue weighted by Gasteiger charge is -2.35. The normalized spacial score (nSPS) is 25.8. The van der Waals surface area contributed by atoms with Crippen LogP contribution >= 0.6 is 0 Å². The second-order valence-electron chi connectivity index (χ2n) is 5.61. The first-order valence-corrected chi connectivity index (χ1v) is 7.37. The molecule has 0 aromatic carbocycles. The van der Waals surface area contributed by atoms with Crippen LogP contribution in [0.1, 0.15) is 38.5 Å². The molecule has 0 aromatic rings. The summed E-state index contributed by atoms with van der Waals surface area (Å²) in [5, 5.41) is 6.16. The number of hydrogen-bond acceptors (Lipinski definition) is 5. The van der Waals surface area contributed by atoms with Crippen LogP contribution in [0.15, 0.2) is 0 Å². The van der Waals surface area contributed by atoms with Crippen LogP contribution in [0, 0.1) is 0 Å². The number of nitrogens with one attached hydrogen (secondary N) is 2. The smallest absolute Gasteiger partial charge is 0.331 e. The third kappa shape index (κ3) is 3.70. The highest BCUT2D eigenvalue weighted by molar-refractivity contribution is 5.88. The molecule has 1 aliphatic carbocycles. The Labute approximate surface area is 119 Å². The zero-order valence-electron chi connectivity index (χ0n) is 12.1. The van der Waals surface area contributed by atoms with Crippen molar-refractivity contribution in [2.45, 2.75) is 50.1 Å². The van der Waals surface area contributed by atoms with Gasteiger partial charge in [-0.05, 0) is 12.8 Å². The van der Waals surface area contributed by atoms with Gasteiger partial charge < -0.3 is 20.1 Å². The van der Waals surface area contributed by atoms with Gasteiger partial charge in [-0.3, -0.25) is 4.79 Å². The lowest BCUT2D eigenvalue weighted by molar-refractivity contribution is -0.152. The van der Waals surface area contributed by atoms with E-state index in [9.17, 15) is 9.59 Å². The van der Waals surface area contributed by atoms with E-state index < -0.39 is 5.54 Å². The summed E-state index contributed by atoms with van der Waals surface area (Å²) in [5.74, 6) is -0.432. The maximum Gasteiger partial charge on any atom is 0.331 e. The van der Waals surface area contributed by atoms with Crippen LogP contribution < -0.4 is 10.6 Å². The second-order valence-corrected chi connectivity index (χ2v) is 5.61. The summed E-state index contributed by atoms with van der Waals surface area (Å²) in [6.07, 6.45) is 4.66. The lowest BCUT2D eigenvalue weighted by Crippen LogP contribution is -2.57. The first-order valence-electron chi connectivity index (χ1n) is 7.37. The molecule has 114 valence electrons. The summed E-state index contributed by atoms with van der Waals surface area (Å²) in [6.45, 7) is 1.99. The summed E-state index contributed by atoms with van der Waals surface area (Å²) in [7, 11) is 1.38. The maximum absolute atomic E-state index is 12.2.